The Labute approximate surface area is 162 Å². The number of hydrogen-bond donors (Lipinski definition) is 1. The number of fused-ring (bicyclic) bond motifs is 1. The third-order valence-corrected chi connectivity index (χ3v) is 5.75. The lowest BCUT2D eigenvalue weighted by Gasteiger charge is -2.00. The molecule has 4 aromatic rings. The summed E-state index contributed by atoms with van der Waals surface area (Å²) in [6, 6.07) is 9.09. The van der Waals surface area contributed by atoms with Gasteiger partial charge >= 0.3 is 0 Å². The van der Waals surface area contributed by atoms with Crippen molar-refractivity contribution in [1.29, 1.82) is 0 Å². The first-order chi connectivity index (χ1) is 13.2. The topological polar surface area (TPSA) is 98.1 Å². The summed E-state index contributed by atoms with van der Waals surface area (Å²) in [4.78, 5) is 21.8. The maximum Gasteiger partial charge on any atom is 0.275 e. The molecule has 0 spiro atoms. The van der Waals surface area contributed by atoms with Crippen LogP contribution >= 0.6 is 23.1 Å². The Kier molecular flexibility index (Phi) is 4.90. The van der Waals surface area contributed by atoms with E-state index >= 15 is 0 Å². The van der Waals surface area contributed by atoms with Gasteiger partial charge < -0.3 is 4.74 Å². The molecule has 0 radical (unpaired) electrons. The van der Waals surface area contributed by atoms with Gasteiger partial charge in [0.15, 0.2) is 5.82 Å². The van der Waals surface area contributed by atoms with Crippen LogP contribution in [0.4, 0.5) is 0 Å². The highest BCUT2D eigenvalue weighted by Crippen LogP contribution is 2.23. The standard InChI is InChI=1S/C17H16N6O2S2/c1-3-13-22-23-14(24)8-11(18-17(23)27-13)9-26-16-19-15(20-21-16)10-4-6-12(25-2)7-5-10/h4-8H,3,9H2,1-2H3,(H,19,20,21). The Morgan fingerprint density at radius 3 is 2.81 bits per heavy atom. The number of H-pyrrole nitrogens is 1. The molecule has 0 atom stereocenters. The number of hydrogen-bond acceptors (Lipinski definition) is 8. The van der Waals surface area contributed by atoms with Crippen LogP contribution in [0.1, 0.15) is 17.6 Å². The highest BCUT2D eigenvalue weighted by atomic mass is 32.2. The second kappa shape index (κ2) is 7.49. The molecule has 0 aliphatic carbocycles. The van der Waals surface area contributed by atoms with Gasteiger partial charge in [-0.05, 0) is 30.7 Å². The van der Waals surface area contributed by atoms with Crippen molar-refractivity contribution in [3.63, 3.8) is 0 Å². The van der Waals surface area contributed by atoms with Gasteiger partial charge in [0.25, 0.3) is 5.56 Å². The molecule has 0 fully saturated rings. The average molecular weight is 400 g/mol. The van der Waals surface area contributed by atoms with Crippen molar-refractivity contribution < 1.29 is 4.74 Å². The lowest BCUT2D eigenvalue weighted by atomic mass is 10.2. The van der Waals surface area contributed by atoms with Crippen LogP contribution in [0.2, 0.25) is 0 Å². The Morgan fingerprint density at radius 2 is 2.07 bits per heavy atom. The second-order valence-corrected chi connectivity index (χ2v) is 7.60. The fourth-order valence-electron chi connectivity index (χ4n) is 2.44. The van der Waals surface area contributed by atoms with E-state index < -0.39 is 0 Å². The molecule has 3 aromatic heterocycles. The van der Waals surface area contributed by atoms with Crippen molar-refractivity contribution in [2.24, 2.45) is 0 Å². The second-order valence-electron chi connectivity index (χ2n) is 5.61. The fourth-order valence-corrected chi connectivity index (χ4v) is 3.99. The van der Waals surface area contributed by atoms with E-state index in [4.69, 9.17) is 4.74 Å². The van der Waals surface area contributed by atoms with Gasteiger partial charge in [-0.25, -0.2) is 9.97 Å². The molecule has 27 heavy (non-hydrogen) atoms. The van der Waals surface area contributed by atoms with Crippen LogP contribution < -0.4 is 10.3 Å². The monoisotopic (exact) mass is 400 g/mol. The van der Waals surface area contributed by atoms with E-state index in [0.717, 1.165) is 22.7 Å². The number of nitrogens with zero attached hydrogens (tertiary/aromatic N) is 5. The summed E-state index contributed by atoms with van der Waals surface area (Å²) in [6.07, 6.45) is 0.781. The van der Waals surface area contributed by atoms with Crippen molar-refractivity contribution in [3.8, 4) is 17.1 Å². The van der Waals surface area contributed by atoms with Crippen molar-refractivity contribution >= 4 is 28.1 Å². The molecule has 4 rings (SSSR count). The first-order valence-corrected chi connectivity index (χ1v) is 10.0. The molecule has 0 bridgehead atoms. The Balaban J connectivity index is 1.49. The van der Waals surface area contributed by atoms with Gasteiger partial charge in [-0.2, -0.15) is 9.61 Å². The predicted molar refractivity (Wildman–Crippen MR) is 104 cm³/mol. The summed E-state index contributed by atoms with van der Waals surface area (Å²) >= 11 is 2.86. The molecule has 0 saturated carbocycles. The van der Waals surface area contributed by atoms with Crippen LogP contribution in [0.3, 0.4) is 0 Å². The summed E-state index contributed by atoms with van der Waals surface area (Å²) < 4.78 is 6.51. The highest BCUT2D eigenvalue weighted by molar-refractivity contribution is 7.98. The van der Waals surface area contributed by atoms with Crippen LogP contribution in [0.25, 0.3) is 16.3 Å². The van der Waals surface area contributed by atoms with E-state index in [0.29, 0.717) is 27.4 Å². The Morgan fingerprint density at radius 1 is 1.26 bits per heavy atom. The average Bonchev–Trinajstić information content (AvgIpc) is 3.33. The quantitative estimate of drug-likeness (QED) is 0.497. The van der Waals surface area contributed by atoms with E-state index in [2.05, 4.69) is 25.3 Å². The molecule has 0 unspecified atom stereocenters. The van der Waals surface area contributed by atoms with Gasteiger partial charge in [0, 0.05) is 17.4 Å². The molecular weight excluding hydrogens is 384 g/mol. The van der Waals surface area contributed by atoms with Crippen LogP contribution in [-0.4, -0.2) is 36.9 Å². The van der Waals surface area contributed by atoms with Crippen molar-refractivity contribution in [2.45, 2.75) is 24.3 Å². The van der Waals surface area contributed by atoms with E-state index in [-0.39, 0.29) is 5.56 Å². The third-order valence-electron chi connectivity index (χ3n) is 3.82. The van der Waals surface area contributed by atoms with Gasteiger partial charge in [0.05, 0.1) is 12.8 Å². The molecule has 0 aliphatic rings. The molecule has 1 aromatic carbocycles. The van der Waals surface area contributed by atoms with Gasteiger partial charge in [0.2, 0.25) is 10.1 Å². The summed E-state index contributed by atoms with van der Waals surface area (Å²) in [5.41, 5.74) is 1.44. The molecule has 3 heterocycles. The molecule has 0 aliphatic heterocycles. The molecular formula is C17H16N6O2S2. The normalized spacial score (nSPS) is 11.2. The first kappa shape index (κ1) is 17.7. The Bertz CT molecular complexity index is 1130. The first-order valence-electron chi connectivity index (χ1n) is 8.24. The minimum atomic E-state index is -0.166. The predicted octanol–water partition coefficient (Wildman–Crippen LogP) is 2.80. The number of aryl methyl sites for hydroxylation is 1. The fraction of sp³-hybridized carbons (Fsp3) is 0.235. The minimum Gasteiger partial charge on any atom is -0.497 e. The van der Waals surface area contributed by atoms with Crippen LogP contribution in [-0.2, 0) is 12.2 Å². The number of benzene rings is 1. The van der Waals surface area contributed by atoms with Crippen LogP contribution in [0.5, 0.6) is 5.75 Å². The summed E-state index contributed by atoms with van der Waals surface area (Å²) in [7, 11) is 1.63. The number of rotatable bonds is 6. The highest BCUT2D eigenvalue weighted by Gasteiger charge is 2.11. The molecule has 8 nitrogen and oxygen atoms in total. The lowest BCUT2D eigenvalue weighted by Crippen LogP contribution is -2.15. The molecule has 138 valence electrons. The van der Waals surface area contributed by atoms with E-state index in [1.54, 1.807) is 7.11 Å². The maximum absolute atomic E-state index is 12.2. The smallest absolute Gasteiger partial charge is 0.275 e. The third kappa shape index (κ3) is 3.71. The lowest BCUT2D eigenvalue weighted by molar-refractivity contribution is 0.415. The molecule has 0 saturated heterocycles. The van der Waals surface area contributed by atoms with Gasteiger partial charge in [0.1, 0.15) is 10.8 Å². The summed E-state index contributed by atoms with van der Waals surface area (Å²) in [6.45, 7) is 2.00. The van der Waals surface area contributed by atoms with Gasteiger partial charge in [-0.3, -0.25) is 9.89 Å². The zero-order valence-corrected chi connectivity index (χ0v) is 16.3. The van der Waals surface area contributed by atoms with Crippen molar-refractivity contribution in [3.05, 3.63) is 51.4 Å². The number of ether oxygens (including phenoxy) is 1. The largest absolute Gasteiger partial charge is 0.497 e. The molecule has 1 N–H and O–H groups in total. The SMILES string of the molecule is CCc1nn2c(=O)cc(CSc3n[nH]c(-c4ccc(OC)cc4)n3)nc2s1. The zero-order chi connectivity index (χ0) is 18.8. The maximum atomic E-state index is 12.2. The minimum absolute atomic E-state index is 0.166. The van der Waals surface area contributed by atoms with E-state index in [1.165, 1.54) is 33.7 Å². The number of methoxy groups -OCH3 is 1. The molecule has 10 heteroatoms. The van der Waals surface area contributed by atoms with Gasteiger partial charge in [-0.15, -0.1) is 5.10 Å². The van der Waals surface area contributed by atoms with Crippen molar-refractivity contribution in [1.82, 2.24) is 29.8 Å². The van der Waals surface area contributed by atoms with Crippen LogP contribution in [0.15, 0.2) is 40.3 Å². The number of aromatic nitrogens is 6. The number of nitrogens with one attached hydrogen (secondary N) is 1. The zero-order valence-electron chi connectivity index (χ0n) is 14.7. The molecule has 0 amide bonds. The van der Waals surface area contributed by atoms with E-state index in [9.17, 15) is 4.79 Å². The number of aromatic amines is 1. The summed E-state index contributed by atoms with van der Waals surface area (Å²) in [5, 5.41) is 12.9. The van der Waals surface area contributed by atoms with Gasteiger partial charge in [-0.1, -0.05) is 30.0 Å². The Hall–Kier alpha value is -2.72. The summed E-state index contributed by atoms with van der Waals surface area (Å²) in [5.74, 6) is 1.97. The van der Waals surface area contributed by atoms with Crippen molar-refractivity contribution in [2.75, 3.05) is 7.11 Å². The van der Waals surface area contributed by atoms with E-state index in [1.807, 2.05) is 31.2 Å². The van der Waals surface area contributed by atoms with Crippen LogP contribution in [0, 0.1) is 0 Å². The number of thioether (sulfide) groups is 1.